The molecule has 0 aromatic carbocycles. The summed E-state index contributed by atoms with van der Waals surface area (Å²) in [5, 5.41) is 9.50. The van der Waals surface area contributed by atoms with Gasteiger partial charge in [0.05, 0.1) is 0 Å². The SMILES string of the molecule is NC(CCSSc1ccccn1)(C(=O)O)S(=O)(=O)O. The zero-order valence-electron chi connectivity index (χ0n) is 9.59. The van der Waals surface area contributed by atoms with Gasteiger partial charge in [0, 0.05) is 18.4 Å². The third-order valence-electron chi connectivity index (χ3n) is 2.16. The molecule has 0 radical (unpaired) electrons. The van der Waals surface area contributed by atoms with Gasteiger partial charge in [-0.05, 0) is 22.9 Å². The van der Waals surface area contributed by atoms with Crippen molar-refractivity contribution in [1.82, 2.24) is 4.98 Å². The molecule has 4 N–H and O–H groups in total. The summed E-state index contributed by atoms with van der Waals surface area (Å²) in [6.45, 7) is 0. The molecule has 1 atom stereocenters. The summed E-state index contributed by atoms with van der Waals surface area (Å²) in [5.41, 5.74) is 5.22. The average molecular weight is 324 g/mol. The van der Waals surface area contributed by atoms with Gasteiger partial charge in [0.25, 0.3) is 10.1 Å². The smallest absolute Gasteiger partial charge is 0.342 e. The molecule has 0 spiro atoms. The van der Waals surface area contributed by atoms with Crippen LogP contribution in [-0.2, 0) is 14.9 Å². The molecule has 0 bridgehead atoms. The van der Waals surface area contributed by atoms with Crippen LogP contribution in [0.5, 0.6) is 0 Å². The lowest BCUT2D eigenvalue weighted by molar-refractivity contribution is -0.140. The van der Waals surface area contributed by atoms with E-state index < -0.39 is 27.4 Å². The molecule has 0 aliphatic heterocycles. The molecule has 10 heteroatoms. The summed E-state index contributed by atoms with van der Waals surface area (Å²) < 4.78 is 30.8. The van der Waals surface area contributed by atoms with Crippen LogP contribution in [0.25, 0.3) is 0 Å². The highest BCUT2D eigenvalue weighted by Gasteiger charge is 2.46. The number of carbonyl (C=O) groups is 1. The van der Waals surface area contributed by atoms with Gasteiger partial charge in [-0.1, -0.05) is 16.9 Å². The average Bonchev–Trinajstić information content (AvgIpc) is 2.34. The van der Waals surface area contributed by atoms with E-state index in [0.29, 0.717) is 5.03 Å². The summed E-state index contributed by atoms with van der Waals surface area (Å²) >= 11 is 0. The Bertz CT molecular complexity index is 536. The normalized spacial score (nSPS) is 14.8. The molecule has 19 heavy (non-hydrogen) atoms. The minimum absolute atomic E-state index is 0.129. The predicted octanol–water partition coefficient (Wildman–Crippen LogP) is 0.839. The van der Waals surface area contributed by atoms with E-state index in [2.05, 4.69) is 4.98 Å². The summed E-state index contributed by atoms with van der Waals surface area (Å²) in [6.07, 6.45) is 1.19. The molecule has 1 rings (SSSR count). The lowest BCUT2D eigenvalue weighted by atomic mass is 10.2. The van der Waals surface area contributed by atoms with Crippen LogP contribution in [0.2, 0.25) is 0 Å². The predicted molar refractivity (Wildman–Crippen MR) is 73.3 cm³/mol. The first-order valence-corrected chi connectivity index (χ1v) is 8.73. The van der Waals surface area contributed by atoms with Crippen molar-refractivity contribution >= 4 is 37.7 Å². The number of rotatable bonds is 7. The van der Waals surface area contributed by atoms with Gasteiger partial charge >= 0.3 is 5.97 Å². The number of aliphatic carboxylic acids is 1. The fourth-order valence-corrected chi connectivity index (χ4v) is 3.75. The van der Waals surface area contributed by atoms with Crippen LogP contribution < -0.4 is 5.73 Å². The number of hydrogen-bond donors (Lipinski definition) is 3. The van der Waals surface area contributed by atoms with E-state index in [9.17, 15) is 13.2 Å². The Labute approximate surface area is 118 Å². The Morgan fingerprint density at radius 2 is 2.16 bits per heavy atom. The van der Waals surface area contributed by atoms with Crippen LogP contribution in [0.1, 0.15) is 6.42 Å². The monoisotopic (exact) mass is 324 g/mol. The van der Waals surface area contributed by atoms with Crippen molar-refractivity contribution in [2.45, 2.75) is 16.3 Å². The molecule has 0 saturated carbocycles. The zero-order valence-corrected chi connectivity index (χ0v) is 12.0. The second-order valence-corrected chi connectivity index (χ2v) is 7.61. The topological polar surface area (TPSA) is 131 Å². The van der Waals surface area contributed by atoms with Crippen molar-refractivity contribution in [1.29, 1.82) is 0 Å². The van der Waals surface area contributed by atoms with Gasteiger partial charge in [-0.2, -0.15) is 8.42 Å². The van der Waals surface area contributed by atoms with Gasteiger partial charge in [0.2, 0.25) is 4.87 Å². The first-order chi connectivity index (χ1) is 8.77. The maximum absolute atomic E-state index is 11.0. The van der Waals surface area contributed by atoms with Crippen LogP contribution in [0.4, 0.5) is 0 Å². The first kappa shape index (κ1) is 16.2. The van der Waals surface area contributed by atoms with E-state index in [4.69, 9.17) is 15.4 Å². The second-order valence-electron chi connectivity index (χ2n) is 3.49. The van der Waals surface area contributed by atoms with Gasteiger partial charge < -0.3 is 10.8 Å². The van der Waals surface area contributed by atoms with Gasteiger partial charge in [-0.3, -0.25) is 4.55 Å². The van der Waals surface area contributed by atoms with Crippen LogP contribution in [0.3, 0.4) is 0 Å². The van der Waals surface area contributed by atoms with E-state index in [1.807, 2.05) is 0 Å². The summed E-state index contributed by atoms with van der Waals surface area (Å²) in [6, 6.07) is 5.30. The van der Waals surface area contributed by atoms with Crippen molar-refractivity contribution in [3.05, 3.63) is 24.4 Å². The van der Waals surface area contributed by atoms with Crippen LogP contribution in [0.15, 0.2) is 29.4 Å². The molecule has 0 fully saturated rings. The number of hydrogen-bond acceptors (Lipinski definition) is 7. The van der Waals surface area contributed by atoms with Crippen LogP contribution in [-0.4, -0.2) is 39.7 Å². The maximum atomic E-state index is 11.0. The van der Waals surface area contributed by atoms with Crippen molar-refractivity contribution in [3.8, 4) is 0 Å². The van der Waals surface area contributed by atoms with Gasteiger partial charge in [0.15, 0.2) is 0 Å². The highest BCUT2D eigenvalue weighted by atomic mass is 33.1. The Hall–Kier alpha value is -0.810. The van der Waals surface area contributed by atoms with E-state index >= 15 is 0 Å². The van der Waals surface area contributed by atoms with Gasteiger partial charge in [-0.25, -0.2) is 9.78 Å². The zero-order chi connectivity index (χ0) is 14.5. The molecular weight excluding hydrogens is 312 g/mol. The molecule has 1 aromatic heterocycles. The Kier molecular flexibility index (Phi) is 5.62. The molecule has 1 aromatic rings. The number of carboxylic acid groups (broad SMARTS) is 1. The van der Waals surface area contributed by atoms with Gasteiger partial charge in [-0.15, -0.1) is 0 Å². The fourth-order valence-electron chi connectivity index (χ4n) is 1.04. The highest BCUT2D eigenvalue weighted by molar-refractivity contribution is 8.76. The summed E-state index contributed by atoms with van der Waals surface area (Å²) in [7, 11) is -2.40. The second kappa shape index (κ2) is 6.57. The van der Waals surface area contributed by atoms with Crippen LogP contribution >= 0.6 is 21.6 Å². The minimum Gasteiger partial charge on any atom is -0.479 e. The molecule has 1 heterocycles. The fraction of sp³-hybridized carbons (Fsp3) is 0.333. The van der Waals surface area contributed by atoms with E-state index in [-0.39, 0.29) is 5.75 Å². The van der Waals surface area contributed by atoms with Crippen molar-refractivity contribution < 1.29 is 22.9 Å². The Morgan fingerprint density at radius 3 is 2.63 bits per heavy atom. The van der Waals surface area contributed by atoms with E-state index in [1.165, 1.54) is 21.6 Å². The minimum atomic E-state index is -4.87. The van der Waals surface area contributed by atoms with E-state index in [0.717, 1.165) is 0 Å². The number of aromatic nitrogens is 1. The Morgan fingerprint density at radius 1 is 1.47 bits per heavy atom. The molecule has 0 aliphatic carbocycles. The maximum Gasteiger partial charge on any atom is 0.342 e. The van der Waals surface area contributed by atoms with Crippen LogP contribution in [0, 0.1) is 0 Å². The summed E-state index contributed by atoms with van der Waals surface area (Å²) in [5.74, 6) is -1.65. The molecule has 106 valence electrons. The van der Waals surface area contributed by atoms with Crippen molar-refractivity contribution in [2.75, 3.05) is 5.75 Å². The molecular formula is C9H12N2O5S3. The molecule has 0 saturated heterocycles. The lowest BCUT2D eigenvalue weighted by Gasteiger charge is -2.20. The van der Waals surface area contributed by atoms with E-state index in [1.54, 1.807) is 24.4 Å². The number of nitrogens with zero attached hydrogens (tertiary/aromatic N) is 1. The van der Waals surface area contributed by atoms with Gasteiger partial charge in [0.1, 0.15) is 5.03 Å². The third-order valence-corrected chi connectivity index (χ3v) is 5.73. The highest BCUT2D eigenvalue weighted by Crippen LogP contribution is 2.31. The number of carboxylic acids is 1. The number of pyridine rings is 1. The van der Waals surface area contributed by atoms with Crippen molar-refractivity contribution in [3.63, 3.8) is 0 Å². The Balaban J connectivity index is 2.54. The molecule has 0 amide bonds. The summed E-state index contributed by atoms with van der Waals surface area (Å²) in [4.78, 5) is 12.2. The number of nitrogens with two attached hydrogens (primary N) is 1. The standard InChI is InChI=1S/C9H12N2O5S3/c10-9(8(12)13,19(14,15)16)4-6-17-18-7-3-1-2-5-11-7/h1-3,5H,4,6,10H2,(H,12,13)(H,14,15,16). The molecule has 7 nitrogen and oxygen atoms in total. The third kappa shape index (κ3) is 4.35. The van der Waals surface area contributed by atoms with Crippen molar-refractivity contribution in [2.24, 2.45) is 5.73 Å². The lowest BCUT2D eigenvalue weighted by Crippen LogP contribution is -2.54. The molecule has 1 unspecified atom stereocenters. The first-order valence-electron chi connectivity index (χ1n) is 4.97. The molecule has 0 aliphatic rings. The largest absolute Gasteiger partial charge is 0.479 e. The quantitative estimate of drug-likeness (QED) is 0.379.